The second kappa shape index (κ2) is 4.25. The van der Waals surface area contributed by atoms with Gasteiger partial charge < -0.3 is 10.6 Å². The van der Waals surface area contributed by atoms with E-state index in [1.165, 1.54) is 9.58 Å². The third-order valence-electron chi connectivity index (χ3n) is 2.40. The minimum absolute atomic E-state index is 0.249. The summed E-state index contributed by atoms with van der Waals surface area (Å²) in [6, 6.07) is 3.56. The van der Waals surface area contributed by atoms with Crippen molar-refractivity contribution in [1.82, 2.24) is 14.8 Å². The standard InChI is InChI=1S/C11H13N5O/c1-15-7-9(12)10(14-15)11(17)16(2)8-4-3-5-13-6-8/h3-7H,12H2,1-2H3. The van der Waals surface area contributed by atoms with Gasteiger partial charge in [-0.1, -0.05) is 0 Å². The molecule has 0 aromatic carbocycles. The molecule has 0 spiro atoms. The molecule has 0 radical (unpaired) electrons. The summed E-state index contributed by atoms with van der Waals surface area (Å²) in [4.78, 5) is 17.5. The molecule has 2 aromatic heterocycles. The number of hydrogen-bond acceptors (Lipinski definition) is 4. The number of aromatic nitrogens is 3. The topological polar surface area (TPSA) is 77.0 Å². The number of amides is 1. The Balaban J connectivity index is 2.30. The minimum atomic E-state index is -0.254. The highest BCUT2D eigenvalue weighted by Crippen LogP contribution is 2.16. The molecule has 0 saturated carbocycles. The van der Waals surface area contributed by atoms with Crippen molar-refractivity contribution in [2.45, 2.75) is 0 Å². The van der Waals surface area contributed by atoms with Crippen molar-refractivity contribution in [2.24, 2.45) is 7.05 Å². The Bertz CT molecular complexity index is 534. The number of carbonyl (C=O) groups is 1. The van der Waals surface area contributed by atoms with Crippen LogP contribution in [0.3, 0.4) is 0 Å². The second-order valence-corrected chi connectivity index (χ2v) is 3.68. The summed E-state index contributed by atoms with van der Waals surface area (Å²) in [6.07, 6.45) is 4.86. The average molecular weight is 231 g/mol. The number of nitrogens with two attached hydrogens (primary N) is 1. The van der Waals surface area contributed by atoms with E-state index in [0.717, 1.165) is 0 Å². The number of carbonyl (C=O) groups excluding carboxylic acids is 1. The summed E-state index contributed by atoms with van der Waals surface area (Å²) in [5.74, 6) is -0.254. The maximum Gasteiger partial charge on any atom is 0.280 e. The molecule has 2 rings (SSSR count). The van der Waals surface area contributed by atoms with Crippen LogP contribution in [-0.2, 0) is 7.05 Å². The molecule has 17 heavy (non-hydrogen) atoms. The summed E-state index contributed by atoms with van der Waals surface area (Å²) < 4.78 is 1.51. The van der Waals surface area contributed by atoms with Crippen molar-refractivity contribution in [3.8, 4) is 0 Å². The number of hydrogen-bond donors (Lipinski definition) is 1. The number of anilines is 2. The van der Waals surface area contributed by atoms with Gasteiger partial charge in [0.15, 0.2) is 5.69 Å². The van der Waals surface area contributed by atoms with Crippen LogP contribution in [0.2, 0.25) is 0 Å². The number of rotatable bonds is 2. The summed E-state index contributed by atoms with van der Waals surface area (Å²) in [6.45, 7) is 0. The normalized spacial score (nSPS) is 10.2. The zero-order valence-corrected chi connectivity index (χ0v) is 9.66. The molecule has 1 amide bonds. The van der Waals surface area contributed by atoms with E-state index in [-0.39, 0.29) is 11.6 Å². The molecule has 2 heterocycles. The summed E-state index contributed by atoms with van der Waals surface area (Å²) >= 11 is 0. The number of nitrogens with zero attached hydrogens (tertiary/aromatic N) is 4. The lowest BCUT2D eigenvalue weighted by Gasteiger charge is -2.15. The Kier molecular flexibility index (Phi) is 2.78. The quantitative estimate of drug-likeness (QED) is 0.824. The molecule has 0 aliphatic rings. The predicted octanol–water partition coefficient (Wildman–Crippen LogP) is 0.674. The molecule has 0 bridgehead atoms. The zero-order valence-electron chi connectivity index (χ0n) is 9.66. The first kappa shape index (κ1) is 11.1. The summed E-state index contributed by atoms with van der Waals surface area (Å²) in [5.41, 5.74) is 7.03. The molecule has 0 aliphatic carbocycles. The van der Waals surface area contributed by atoms with E-state index in [1.54, 1.807) is 44.8 Å². The fraction of sp³-hybridized carbons (Fsp3) is 0.182. The van der Waals surface area contributed by atoms with E-state index in [0.29, 0.717) is 11.4 Å². The van der Waals surface area contributed by atoms with Crippen LogP contribution in [0, 0.1) is 0 Å². The first-order valence-electron chi connectivity index (χ1n) is 5.07. The molecule has 0 atom stereocenters. The first-order chi connectivity index (χ1) is 8.09. The maximum absolute atomic E-state index is 12.1. The van der Waals surface area contributed by atoms with Crippen molar-refractivity contribution in [3.63, 3.8) is 0 Å². The molecule has 6 heteroatoms. The third-order valence-corrected chi connectivity index (χ3v) is 2.40. The van der Waals surface area contributed by atoms with Crippen molar-refractivity contribution < 1.29 is 4.79 Å². The van der Waals surface area contributed by atoms with Crippen molar-refractivity contribution in [2.75, 3.05) is 17.7 Å². The van der Waals surface area contributed by atoms with Gasteiger partial charge in [-0.3, -0.25) is 14.5 Å². The SMILES string of the molecule is CN(C(=O)c1nn(C)cc1N)c1cccnc1. The molecule has 0 aliphatic heterocycles. The Morgan fingerprint density at radius 1 is 1.53 bits per heavy atom. The molecule has 2 aromatic rings. The van der Waals surface area contributed by atoms with Gasteiger partial charge in [-0.2, -0.15) is 5.10 Å². The van der Waals surface area contributed by atoms with Crippen molar-refractivity contribution in [3.05, 3.63) is 36.4 Å². The highest BCUT2D eigenvalue weighted by molar-refractivity contribution is 6.07. The average Bonchev–Trinajstić information content (AvgIpc) is 2.68. The van der Waals surface area contributed by atoms with Gasteiger partial charge in [0.1, 0.15) is 0 Å². The van der Waals surface area contributed by atoms with Crippen LogP contribution in [-0.4, -0.2) is 27.7 Å². The molecule has 2 N–H and O–H groups in total. The summed E-state index contributed by atoms with van der Waals surface area (Å²) in [5, 5.41) is 4.04. The zero-order chi connectivity index (χ0) is 12.4. The van der Waals surface area contributed by atoms with Gasteiger partial charge in [0.2, 0.25) is 0 Å². The number of nitrogen functional groups attached to an aromatic ring is 1. The van der Waals surface area contributed by atoms with Crippen LogP contribution < -0.4 is 10.6 Å². The van der Waals surface area contributed by atoms with Crippen LogP contribution >= 0.6 is 0 Å². The Morgan fingerprint density at radius 2 is 2.29 bits per heavy atom. The fourth-order valence-corrected chi connectivity index (χ4v) is 1.50. The highest BCUT2D eigenvalue weighted by Gasteiger charge is 2.19. The molecular weight excluding hydrogens is 218 g/mol. The Labute approximate surface area is 98.7 Å². The number of pyridine rings is 1. The largest absolute Gasteiger partial charge is 0.396 e. The van der Waals surface area contributed by atoms with Crippen LogP contribution in [0.4, 0.5) is 11.4 Å². The lowest BCUT2D eigenvalue weighted by Crippen LogP contribution is -2.27. The molecule has 0 unspecified atom stereocenters. The molecule has 0 fully saturated rings. The van der Waals surface area contributed by atoms with Crippen molar-refractivity contribution >= 4 is 17.3 Å². The smallest absolute Gasteiger partial charge is 0.280 e. The number of aryl methyl sites for hydroxylation is 1. The van der Waals surface area contributed by atoms with Gasteiger partial charge in [0.05, 0.1) is 17.6 Å². The van der Waals surface area contributed by atoms with Crippen LogP contribution in [0.25, 0.3) is 0 Å². The van der Waals surface area contributed by atoms with Crippen molar-refractivity contribution in [1.29, 1.82) is 0 Å². The fourth-order valence-electron chi connectivity index (χ4n) is 1.50. The Morgan fingerprint density at radius 3 is 2.82 bits per heavy atom. The van der Waals surface area contributed by atoms with E-state index in [9.17, 15) is 4.79 Å². The van der Waals surface area contributed by atoms with Crippen LogP contribution in [0.5, 0.6) is 0 Å². The van der Waals surface area contributed by atoms with Crippen LogP contribution in [0.1, 0.15) is 10.5 Å². The summed E-state index contributed by atoms with van der Waals surface area (Å²) in [7, 11) is 3.38. The van der Waals surface area contributed by atoms with E-state index in [1.807, 2.05) is 0 Å². The van der Waals surface area contributed by atoms with Gasteiger partial charge in [0, 0.05) is 26.5 Å². The maximum atomic E-state index is 12.1. The molecule has 6 nitrogen and oxygen atoms in total. The molecule has 0 saturated heterocycles. The Hall–Kier alpha value is -2.37. The lowest BCUT2D eigenvalue weighted by molar-refractivity contribution is 0.0988. The van der Waals surface area contributed by atoms with Gasteiger partial charge in [0.25, 0.3) is 5.91 Å². The second-order valence-electron chi connectivity index (χ2n) is 3.68. The van der Waals surface area contributed by atoms with E-state index < -0.39 is 0 Å². The van der Waals surface area contributed by atoms with Gasteiger partial charge in [-0.05, 0) is 12.1 Å². The van der Waals surface area contributed by atoms with E-state index in [4.69, 9.17) is 5.73 Å². The van der Waals surface area contributed by atoms with Crippen LogP contribution in [0.15, 0.2) is 30.7 Å². The molecular formula is C11H13N5O. The third kappa shape index (κ3) is 2.10. The lowest BCUT2D eigenvalue weighted by atomic mass is 10.3. The highest BCUT2D eigenvalue weighted by atomic mass is 16.2. The van der Waals surface area contributed by atoms with Gasteiger partial charge in [-0.15, -0.1) is 0 Å². The molecule has 88 valence electrons. The van der Waals surface area contributed by atoms with E-state index >= 15 is 0 Å². The van der Waals surface area contributed by atoms with E-state index in [2.05, 4.69) is 10.1 Å². The van der Waals surface area contributed by atoms with Gasteiger partial charge >= 0.3 is 0 Å². The predicted molar refractivity (Wildman–Crippen MR) is 64.6 cm³/mol. The minimum Gasteiger partial charge on any atom is -0.396 e. The monoisotopic (exact) mass is 231 g/mol. The van der Waals surface area contributed by atoms with Gasteiger partial charge in [-0.25, -0.2) is 0 Å². The first-order valence-corrected chi connectivity index (χ1v) is 5.07.